The second-order valence-corrected chi connectivity index (χ2v) is 3.66. The van der Waals surface area contributed by atoms with E-state index in [4.69, 9.17) is 5.73 Å². The summed E-state index contributed by atoms with van der Waals surface area (Å²) in [5.41, 5.74) is 5.28. The van der Waals surface area contributed by atoms with Crippen molar-refractivity contribution >= 4 is 21.8 Å². The molecule has 3 nitrogen and oxygen atoms in total. The fraction of sp³-hybridized carbons (Fsp3) is 0.625. The van der Waals surface area contributed by atoms with Crippen LogP contribution in [0, 0.1) is 0 Å². The molecule has 70 valence electrons. The first-order valence-electron chi connectivity index (χ1n) is 3.97. The fourth-order valence-corrected chi connectivity index (χ4v) is 0.853. The maximum Gasteiger partial charge on any atom is 0.220 e. The highest BCUT2D eigenvalue weighted by molar-refractivity contribution is 9.11. The Labute approximate surface area is 81.5 Å². The van der Waals surface area contributed by atoms with Crippen LogP contribution >= 0.6 is 15.9 Å². The summed E-state index contributed by atoms with van der Waals surface area (Å²) in [7, 11) is 0. The highest BCUT2D eigenvalue weighted by Crippen LogP contribution is 1.98. The van der Waals surface area contributed by atoms with Gasteiger partial charge in [0.1, 0.15) is 0 Å². The van der Waals surface area contributed by atoms with Crippen molar-refractivity contribution < 1.29 is 4.79 Å². The molecule has 0 aliphatic heterocycles. The van der Waals surface area contributed by atoms with E-state index in [0.717, 1.165) is 17.3 Å². The average molecular weight is 235 g/mol. The lowest BCUT2D eigenvalue weighted by molar-refractivity contribution is -0.120. The van der Waals surface area contributed by atoms with E-state index in [1.165, 1.54) is 0 Å². The molecule has 0 spiro atoms. The van der Waals surface area contributed by atoms with Crippen LogP contribution in [0.5, 0.6) is 0 Å². The zero-order valence-corrected chi connectivity index (χ0v) is 8.69. The molecular weight excluding hydrogens is 220 g/mol. The van der Waals surface area contributed by atoms with Gasteiger partial charge in [-0.2, -0.15) is 0 Å². The normalized spacial score (nSPS) is 9.50. The van der Waals surface area contributed by atoms with Crippen molar-refractivity contribution in [3.8, 4) is 0 Å². The molecule has 0 aromatic heterocycles. The third-order valence-corrected chi connectivity index (χ3v) is 1.62. The Morgan fingerprint density at radius 3 is 2.67 bits per heavy atom. The summed E-state index contributed by atoms with van der Waals surface area (Å²) in [4.78, 5) is 11.0. The van der Waals surface area contributed by atoms with E-state index in [1.54, 1.807) is 0 Å². The minimum absolute atomic E-state index is 0.0593. The zero-order valence-electron chi connectivity index (χ0n) is 7.11. The van der Waals surface area contributed by atoms with Gasteiger partial charge >= 0.3 is 0 Å². The molecule has 0 aromatic rings. The fourth-order valence-electron chi connectivity index (χ4n) is 0.713. The number of hydrogen-bond acceptors (Lipinski definition) is 2. The zero-order chi connectivity index (χ0) is 9.40. The lowest BCUT2D eigenvalue weighted by Crippen LogP contribution is -2.24. The number of carbonyl (C=O) groups is 1. The Kier molecular flexibility index (Phi) is 7.09. The predicted molar refractivity (Wildman–Crippen MR) is 54.0 cm³/mol. The molecule has 0 aliphatic carbocycles. The quantitative estimate of drug-likeness (QED) is 0.678. The Morgan fingerprint density at radius 1 is 1.50 bits per heavy atom. The number of carbonyl (C=O) groups excluding carboxylic acids is 1. The van der Waals surface area contributed by atoms with Gasteiger partial charge in [0.15, 0.2) is 0 Å². The minimum atomic E-state index is 0.0593. The van der Waals surface area contributed by atoms with E-state index in [-0.39, 0.29) is 5.91 Å². The smallest absolute Gasteiger partial charge is 0.220 e. The van der Waals surface area contributed by atoms with Crippen LogP contribution in [-0.4, -0.2) is 19.0 Å². The van der Waals surface area contributed by atoms with E-state index in [0.29, 0.717) is 19.5 Å². The molecule has 0 aromatic carbocycles. The molecule has 0 bridgehead atoms. The van der Waals surface area contributed by atoms with Crippen LogP contribution in [0.2, 0.25) is 0 Å². The molecule has 12 heavy (non-hydrogen) atoms. The highest BCUT2D eigenvalue weighted by Gasteiger charge is 1.99. The second kappa shape index (κ2) is 7.31. The van der Waals surface area contributed by atoms with Gasteiger partial charge in [-0.1, -0.05) is 22.5 Å². The number of rotatable bonds is 6. The molecule has 0 rings (SSSR count). The molecule has 3 N–H and O–H groups in total. The standard InChI is InChI=1S/C8H15BrN2O/c1-7(9)6-11-8(12)4-2-3-5-10/h1-6,10H2,(H,11,12). The van der Waals surface area contributed by atoms with Gasteiger partial charge in [-0.25, -0.2) is 0 Å². The van der Waals surface area contributed by atoms with E-state index in [9.17, 15) is 4.79 Å². The molecule has 0 saturated carbocycles. The van der Waals surface area contributed by atoms with Crippen molar-refractivity contribution in [2.45, 2.75) is 19.3 Å². The van der Waals surface area contributed by atoms with Crippen molar-refractivity contribution in [1.29, 1.82) is 0 Å². The summed E-state index contributed by atoms with van der Waals surface area (Å²) in [5, 5.41) is 2.71. The molecule has 4 heteroatoms. The Hall–Kier alpha value is -0.350. The molecule has 0 atom stereocenters. The first kappa shape index (κ1) is 11.6. The highest BCUT2D eigenvalue weighted by atomic mass is 79.9. The van der Waals surface area contributed by atoms with Gasteiger partial charge < -0.3 is 11.1 Å². The Balaban J connectivity index is 3.28. The molecule has 0 saturated heterocycles. The van der Waals surface area contributed by atoms with Crippen molar-refractivity contribution in [3.63, 3.8) is 0 Å². The lowest BCUT2D eigenvalue weighted by Gasteiger charge is -2.02. The molecule has 0 radical (unpaired) electrons. The van der Waals surface area contributed by atoms with Gasteiger partial charge in [0.2, 0.25) is 5.91 Å². The number of amides is 1. The Bertz CT molecular complexity index is 159. The number of halogens is 1. The molecule has 0 fully saturated rings. The van der Waals surface area contributed by atoms with Crippen molar-refractivity contribution in [2.24, 2.45) is 5.73 Å². The van der Waals surface area contributed by atoms with E-state index in [1.807, 2.05) is 0 Å². The lowest BCUT2D eigenvalue weighted by atomic mass is 10.2. The molecule has 0 aliphatic rings. The molecular formula is C8H15BrN2O. The second-order valence-electron chi connectivity index (χ2n) is 2.54. The predicted octanol–water partition coefficient (Wildman–Crippen LogP) is 1.14. The number of nitrogens with two attached hydrogens (primary N) is 1. The number of nitrogens with one attached hydrogen (secondary N) is 1. The van der Waals surface area contributed by atoms with Crippen LogP contribution in [-0.2, 0) is 4.79 Å². The van der Waals surface area contributed by atoms with Crippen LogP contribution in [0.4, 0.5) is 0 Å². The van der Waals surface area contributed by atoms with E-state index >= 15 is 0 Å². The minimum Gasteiger partial charge on any atom is -0.352 e. The number of hydrogen-bond donors (Lipinski definition) is 2. The molecule has 0 unspecified atom stereocenters. The molecule has 1 amide bonds. The van der Waals surface area contributed by atoms with Gasteiger partial charge in [-0.15, -0.1) is 0 Å². The van der Waals surface area contributed by atoms with E-state index < -0.39 is 0 Å². The number of unbranched alkanes of at least 4 members (excludes halogenated alkanes) is 1. The van der Waals surface area contributed by atoms with Crippen LogP contribution in [0.25, 0.3) is 0 Å². The van der Waals surface area contributed by atoms with E-state index in [2.05, 4.69) is 27.8 Å². The average Bonchev–Trinajstić information content (AvgIpc) is 2.01. The maximum atomic E-state index is 11.0. The maximum absolute atomic E-state index is 11.0. The summed E-state index contributed by atoms with van der Waals surface area (Å²) in [5.74, 6) is 0.0593. The Morgan fingerprint density at radius 2 is 2.17 bits per heavy atom. The SMILES string of the molecule is C=C(Br)CNC(=O)CCCCN. The summed E-state index contributed by atoms with van der Waals surface area (Å²) in [6.45, 7) is 4.76. The topological polar surface area (TPSA) is 55.1 Å². The summed E-state index contributed by atoms with van der Waals surface area (Å²) in [6, 6.07) is 0. The van der Waals surface area contributed by atoms with Crippen molar-refractivity contribution in [2.75, 3.05) is 13.1 Å². The van der Waals surface area contributed by atoms with Gasteiger partial charge in [0.25, 0.3) is 0 Å². The largest absolute Gasteiger partial charge is 0.352 e. The summed E-state index contributed by atoms with van der Waals surface area (Å²) >= 11 is 3.16. The van der Waals surface area contributed by atoms with Gasteiger partial charge in [0.05, 0.1) is 0 Å². The van der Waals surface area contributed by atoms with Crippen LogP contribution in [0.1, 0.15) is 19.3 Å². The van der Waals surface area contributed by atoms with Gasteiger partial charge in [0, 0.05) is 17.4 Å². The van der Waals surface area contributed by atoms with Crippen molar-refractivity contribution in [3.05, 3.63) is 11.1 Å². The van der Waals surface area contributed by atoms with Crippen LogP contribution in [0.3, 0.4) is 0 Å². The first-order chi connectivity index (χ1) is 5.66. The van der Waals surface area contributed by atoms with Gasteiger partial charge in [-0.05, 0) is 19.4 Å². The van der Waals surface area contributed by atoms with Crippen molar-refractivity contribution in [1.82, 2.24) is 5.32 Å². The first-order valence-corrected chi connectivity index (χ1v) is 4.76. The van der Waals surface area contributed by atoms with Crippen LogP contribution in [0.15, 0.2) is 11.1 Å². The van der Waals surface area contributed by atoms with Gasteiger partial charge in [-0.3, -0.25) is 4.79 Å². The summed E-state index contributed by atoms with van der Waals surface area (Å²) < 4.78 is 0.787. The monoisotopic (exact) mass is 234 g/mol. The van der Waals surface area contributed by atoms with Crippen LogP contribution < -0.4 is 11.1 Å². The summed E-state index contributed by atoms with van der Waals surface area (Å²) in [6.07, 6.45) is 2.32. The third kappa shape index (κ3) is 7.75. The molecule has 0 heterocycles. The third-order valence-electron chi connectivity index (χ3n) is 1.34.